The van der Waals surface area contributed by atoms with Gasteiger partial charge in [0.1, 0.15) is 11.5 Å². The Hall–Kier alpha value is -4.10. The zero-order chi connectivity index (χ0) is 21.6. The Morgan fingerprint density at radius 3 is 2.32 bits per heavy atom. The van der Waals surface area contributed by atoms with Gasteiger partial charge in [-0.15, -0.1) is 0 Å². The van der Waals surface area contributed by atoms with Crippen molar-refractivity contribution in [1.82, 2.24) is 15.2 Å². The minimum absolute atomic E-state index is 0.344. The molecule has 1 aromatic heterocycles. The quantitative estimate of drug-likeness (QED) is 0.371. The van der Waals surface area contributed by atoms with E-state index < -0.39 is 12.0 Å². The molecule has 7 heteroatoms. The number of carbonyl (C=O) groups excluding carboxylic acids is 1. The average Bonchev–Trinajstić information content (AvgIpc) is 3.24. The van der Waals surface area contributed by atoms with Crippen LogP contribution in [0.25, 0.3) is 16.9 Å². The van der Waals surface area contributed by atoms with E-state index in [2.05, 4.69) is 15.6 Å². The number of aromatic nitrogens is 2. The number of nitrogens with zero attached hydrogens (tertiary/aromatic N) is 3. The van der Waals surface area contributed by atoms with Crippen molar-refractivity contribution in [3.8, 4) is 16.9 Å². The molecule has 1 amide bonds. The molecular weight excluding hydrogens is 395 g/mol. The fraction of sp³-hybridized carbons (Fsp3) is 0.0417. The summed E-state index contributed by atoms with van der Waals surface area (Å²) in [6.07, 6.45) is 1.87. The lowest BCUT2D eigenvalue weighted by atomic mass is 10.1. The molecule has 6 nitrogen and oxygen atoms in total. The minimum atomic E-state index is -1.33. The summed E-state index contributed by atoms with van der Waals surface area (Å²) in [5, 5.41) is 18.7. The van der Waals surface area contributed by atoms with Gasteiger partial charge >= 0.3 is 0 Å². The van der Waals surface area contributed by atoms with Crippen molar-refractivity contribution in [3.05, 3.63) is 108 Å². The highest BCUT2D eigenvalue weighted by atomic mass is 19.1. The van der Waals surface area contributed by atoms with Crippen LogP contribution in [0.1, 0.15) is 17.2 Å². The van der Waals surface area contributed by atoms with E-state index in [0.29, 0.717) is 22.4 Å². The molecule has 0 aliphatic heterocycles. The molecule has 0 saturated heterocycles. The zero-order valence-electron chi connectivity index (χ0n) is 16.4. The van der Waals surface area contributed by atoms with E-state index >= 15 is 0 Å². The third-order valence-corrected chi connectivity index (χ3v) is 4.62. The molecule has 154 valence electrons. The summed E-state index contributed by atoms with van der Waals surface area (Å²) in [5.74, 6) is -0.996. The van der Waals surface area contributed by atoms with Gasteiger partial charge < -0.3 is 5.11 Å². The van der Waals surface area contributed by atoms with Crippen LogP contribution in [-0.2, 0) is 4.79 Å². The number of hydrogen-bond acceptors (Lipinski definition) is 4. The van der Waals surface area contributed by atoms with Gasteiger partial charge in [-0.1, -0.05) is 48.5 Å². The van der Waals surface area contributed by atoms with Gasteiger partial charge in [0.25, 0.3) is 5.91 Å². The van der Waals surface area contributed by atoms with Gasteiger partial charge in [0.05, 0.1) is 11.9 Å². The highest BCUT2D eigenvalue weighted by Crippen LogP contribution is 2.23. The second-order valence-corrected chi connectivity index (χ2v) is 6.77. The number of halogens is 1. The van der Waals surface area contributed by atoms with Gasteiger partial charge in [0.15, 0.2) is 6.10 Å². The lowest BCUT2D eigenvalue weighted by Crippen LogP contribution is -2.25. The molecule has 31 heavy (non-hydrogen) atoms. The molecule has 4 rings (SSSR count). The number of carbonyl (C=O) groups is 1. The maximum atomic E-state index is 13.4. The molecule has 1 atom stereocenters. The molecule has 1 heterocycles. The number of hydrogen-bond donors (Lipinski definition) is 2. The first-order valence-corrected chi connectivity index (χ1v) is 9.59. The van der Waals surface area contributed by atoms with Crippen molar-refractivity contribution in [2.75, 3.05) is 0 Å². The number of amides is 1. The van der Waals surface area contributed by atoms with E-state index in [1.54, 1.807) is 53.3 Å². The Kier molecular flexibility index (Phi) is 5.96. The third kappa shape index (κ3) is 4.73. The predicted octanol–water partition coefficient (Wildman–Crippen LogP) is 3.86. The summed E-state index contributed by atoms with van der Waals surface area (Å²) in [5.41, 5.74) is 5.56. The number of benzene rings is 3. The van der Waals surface area contributed by atoms with E-state index in [1.165, 1.54) is 18.3 Å². The van der Waals surface area contributed by atoms with E-state index in [-0.39, 0.29) is 5.82 Å². The molecule has 0 bridgehead atoms. The second kappa shape index (κ2) is 9.15. The van der Waals surface area contributed by atoms with E-state index in [9.17, 15) is 14.3 Å². The van der Waals surface area contributed by atoms with Gasteiger partial charge in [-0.2, -0.15) is 10.2 Å². The minimum Gasteiger partial charge on any atom is -0.378 e. The molecular formula is C24H19FN4O2. The Labute approximate surface area is 178 Å². The number of hydrazone groups is 1. The summed E-state index contributed by atoms with van der Waals surface area (Å²) >= 11 is 0. The Balaban J connectivity index is 1.59. The molecule has 0 radical (unpaired) electrons. The first kappa shape index (κ1) is 20.2. The molecule has 4 aromatic rings. The molecule has 0 fully saturated rings. The lowest BCUT2D eigenvalue weighted by Gasteiger charge is -2.08. The SMILES string of the molecule is O=C(N/N=C/c1cn(-c2ccccc2)nc1-c1ccc(F)cc1)C(O)c1ccccc1. The monoisotopic (exact) mass is 414 g/mol. The standard InChI is InChI=1S/C24H19FN4O2/c25-20-13-11-17(12-14-20)22-19(16-29(28-22)21-9-5-2-6-10-21)15-26-27-24(31)23(30)18-7-3-1-4-8-18/h1-16,23,30H,(H,27,31)/b26-15+. The first-order chi connectivity index (χ1) is 15.1. The smallest absolute Gasteiger partial charge is 0.273 e. The van der Waals surface area contributed by atoms with Gasteiger partial charge in [0.2, 0.25) is 0 Å². The van der Waals surface area contributed by atoms with Crippen LogP contribution >= 0.6 is 0 Å². The fourth-order valence-corrected chi connectivity index (χ4v) is 3.04. The van der Waals surface area contributed by atoms with Crippen LogP contribution in [0.3, 0.4) is 0 Å². The summed E-state index contributed by atoms with van der Waals surface area (Å²) in [7, 11) is 0. The summed E-state index contributed by atoms with van der Waals surface area (Å²) in [6.45, 7) is 0. The van der Waals surface area contributed by atoms with Crippen LogP contribution in [0, 0.1) is 5.82 Å². The van der Waals surface area contributed by atoms with E-state index in [0.717, 1.165) is 5.69 Å². The highest BCUT2D eigenvalue weighted by Gasteiger charge is 2.16. The largest absolute Gasteiger partial charge is 0.378 e. The average molecular weight is 414 g/mol. The zero-order valence-corrected chi connectivity index (χ0v) is 16.4. The maximum absolute atomic E-state index is 13.4. The summed E-state index contributed by atoms with van der Waals surface area (Å²) < 4.78 is 15.0. The van der Waals surface area contributed by atoms with Crippen molar-refractivity contribution in [2.24, 2.45) is 5.10 Å². The molecule has 1 unspecified atom stereocenters. The van der Waals surface area contributed by atoms with Crippen LogP contribution in [0.4, 0.5) is 4.39 Å². The van der Waals surface area contributed by atoms with Crippen LogP contribution in [0.2, 0.25) is 0 Å². The van der Waals surface area contributed by atoms with Gasteiger partial charge in [0, 0.05) is 17.3 Å². The highest BCUT2D eigenvalue weighted by molar-refractivity contribution is 5.90. The molecule has 0 aliphatic rings. The first-order valence-electron chi connectivity index (χ1n) is 9.59. The number of aliphatic hydroxyl groups excluding tert-OH is 1. The second-order valence-electron chi connectivity index (χ2n) is 6.77. The van der Waals surface area contributed by atoms with Crippen molar-refractivity contribution < 1.29 is 14.3 Å². The van der Waals surface area contributed by atoms with Crippen LogP contribution < -0.4 is 5.43 Å². The lowest BCUT2D eigenvalue weighted by molar-refractivity contribution is -0.129. The van der Waals surface area contributed by atoms with Gasteiger partial charge in [-0.3, -0.25) is 4.79 Å². The van der Waals surface area contributed by atoms with Crippen molar-refractivity contribution in [1.29, 1.82) is 0 Å². The molecule has 2 N–H and O–H groups in total. The molecule has 0 aliphatic carbocycles. The van der Waals surface area contributed by atoms with Gasteiger partial charge in [-0.25, -0.2) is 14.5 Å². The molecule has 0 saturated carbocycles. The van der Waals surface area contributed by atoms with Crippen molar-refractivity contribution in [3.63, 3.8) is 0 Å². The Bertz CT molecular complexity index is 1190. The van der Waals surface area contributed by atoms with Crippen LogP contribution in [0.15, 0.2) is 96.2 Å². The van der Waals surface area contributed by atoms with E-state index in [1.807, 2.05) is 30.3 Å². The van der Waals surface area contributed by atoms with Crippen LogP contribution in [-0.4, -0.2) is 27.0 Å². The van der Waals surface area contributed by atoms with Crippen molar-refractivity contribution in [2.45, 2.75) is 6.10 Å². The Morgan fingerprint density at radius 1 is 1.00 bits per heavy atom. The number of para-hydroxylation sites is 1. The topological polar surface area (TPSA) is 79.5 Å². The predicted molar refractivity (Wildman–Crippen MR) is 116 cm³/mol. The normalized spacial score (nSPS) is 12.1. The summed E-state index contributed by atoms with van der Waals surface area (Å²) in [4.78, 5) is 12.2. The van der Waals surface area contributed by atoms with Gasteiger partial charge in [-0.05, 0) is 42.0 Å². The maximum Gasteiger partial charge on any atom is 0.273 e. The number of aliphatic hydroxyl groups is 1. The Morgan fingerprint density at radius 2 is 1.65 bits per heavy atom. The third-order valence-electron chi connectivity index (χ3n) is 4.62. The molecule has 3 aromatic carbocycles. The molecule has 0 spiro atoms. The van der Waals surface area contributed by atoms with E-state index in [4.69, 9.17) is 0 Å². The summed E-state index contributed by atoms with van der Waals surface area (Å²) in [6, 6.07) is 24.1. The van der Waals surface area contributed by atoms with Crippen molar-refractivity contribution >= 4 is 12.1 Å². The number of nitrogens with one attached hydrogen (secondary N) is 1. The fourth-order valence-electron chi connectivity index (χ4n) is 3.04. The van der Waals surface area contributed by atoms with Crippen LogP contribution in [0.5, 0.6) is 0 Å². The number of rotatable bonds is 6.